The molecule has 1 fully saturated rings. The Morgan fingerprint density at radius 2 is 1.81 bits per heavy atom. The van der Waals surface area contributed by atoms with Gasteiger partial charge in [-0.05, 0) is 51.9 Å². The van der Waals surface area contributed by atoms with E-state index in [1.807, 2.05) is 32.9 Å². The lowest BCUT2D eigenvalue weighted by Crippen LogP contribution is -2.56. The second kappa shape index (κ2) is 9.94. The van der Waals surface area contributed by atoms with E-state index in [4.69, 9.17) is 4.74 Å². The molecular formula is C25H42N2O5. The number of amides is 2. The van der Waals surface area contributed by atoms with Crippen molar-refractivity contribution in [2.45, 2.75) is 85.9 Å². The van der Waals surface area contributed by atoms with E-state index in [1.54, 1.807) is 13.8 Å². The fraction of sp³-hybridized carbons (Fsp3) is 0.800. The summed E-state index contributed by atoms with van der Waals surface area (Å²) < 4.78 is 5.33. The molecule has 0 bridgehead atoms. The molecule has 0 saturated carbocycles. The lowest BCUT2D eigenvalue weighted by molar-refractivity contribution is -0.156. The first kappa shape index (κ1) is 26.4. The van der Waals surface area contributed by atoms with Gasteiger partial charge in [0.25, 0.3) is 0 Å². The number of carbonyl (C=O) groups excluding carboxylic acids is 3. The van der Waals surface area contributed by atoms with E-state index in [-0.39, 0.29) is 36.4 Å². The quantitative estimate of drug-likeness (QED) is 0.438. The summed E-state index contributed by atoms with van der Waals surface area (Å²) in [6.07, 6.45) is 5.35. The molecule has 2 aliphatic rings. The predicted octanol–water partition coefficient (Wildman–Crippen LogP) is 2.92. The summed E-state index contributed by atoms with van der Waals surface area (Å²) in [6.45, 7) is 15.8. The molecule has 7 heteroatoms. The van der Waals surface area contributed by atoms with Crippen LogP contribution in [0, 0.1) is 29.1 Å². The van der Waals surface area contributed by atoms with Gasteiger partial charge in [-0.25, -0.2) is 0 Å². The number of hydrogen-bond acceptors (Lipinski definition) is 5. The fourth-order valence-electron chi connectivity index (χ4n) is 5.74. The number of aliphatic hydroxyl groups is 1. The number of nitrogens with zero attached hydrogens (tertiary/aromatic N) is 1. The summed E-state index contributed by atoms with van der Waals surface area (Å²) in [6, 6.07) is -1.31. The van der Waals surface area contributed by atoms with Crippen molar-refractivity contribution < 1.29 is 24.2 Å². The molecule has 1 aliphatic carbocycles. The van der Waals surface area contributed by atoms with Crippen molar-refractivity contribution in [3.63, 3.8) is 0 Å². The molecule has 2 N–H and O–H groups in total. The summed E-state index contributed by atoms with van der Waals surface area (Å²) in [5, 5.41) is 13.0. The highest BCUT2D eigenvalue weighted by molar-refractivity contribution is 5.96. The molecule has 0 aromatic rings. The number of nitrogens with one attached hydrogen (secondary N) is 1. The maximum absolute atomic E-state index is 13.6. The lowest BCUT2D eigenvalue weighted by Gasteiger charge is -2.37. The molecule has 1 saturated heterocycles. The van der Waals surface area contributed by atoms with Gasteiger partial charge in [0.15, 0.2) is 0 Å². The third kappa shape index (κ3) is 5.53. The van der Waals surface area contributed by atoms with Gasteiger partial charge < -0.3 is 20.1 Å². The number of carbonyl (C=O) groups is 3. The van der Waals surface area contributed by atoms with Crippen molar-refractivity contribution in [3.05, 3.63) is 12.2 Å². The van der Waals surface area contributed by atoms with Crippen LogP contribution in [-0.4, -0.2) is 58.6 Å². The van der Waals surface area contributed by atoms with E-state index in [0.717, 1.165) is 6.42 Å². The Balaban J connectivity index is 2.46. The largest absolute Gasteiger partial charge is 0.466 e. The van der Waals surface area contributed by atoms with Gasteiger partial charge in [-0.3, -0.25) is 14.4 Å². The van der Waals surface area contributed by atoms with Crippen LogP contribution in [0.15, 0.2) is 12.2 Å². The van der Waals surface area contributed by atoms with Gasteiger partial charge in [0.1, 0.15) is 6.04 Å². The Morgan fingerprint density at radius 3 is 2.31 bits per heavy atom. The molecule has 2 amide bonds. The Morgan fingerprint density at radius 1 is 1.19 bits per heavy atom. The average molecular weight is 451 g/mol. The number of fused-ring (bicyclic) bond motifs is 1. The number of rotatable bonds is 8. The topological polar surface area (TPSA) is 95.9 Å². The van der Waals surface area contributed by atoms with Crippen LogP contribution < -0.4 is 5.32 Å². The van der Waals surface area contributed by atoms with Crippen LogP contribution in [0.5, 0.6) is 0 Å². The Bertz CT molecular complexity index is 739. The summed E-state index contributed by atoms with van der Waals surface area (Å²) in [5.74, 6) is -2.76. The Labute approximate surface area is 192 Å². The van der Waals surface area contributed by atoms with Crippen molar-refractivity contribution in [1.29, 1.82) is 0 Å². The molecule has 0 radical (unpaired) electrons. The zero-order valence-corrected chi connectivity index (χ0v) is 21.0. The number of aliphatic hydroxyl groups excluding tert-OH is 1. The van der Waals surface area contributed by atoms with Crippen LogP contribution in [0.2, 0.25) is 0 Å². The molecule has 182 valence electrons. The zero-order valence-electron chi connectivity index (χ0n) is 21.0. The van der Waals surface area contributed by atoms with E-state index >= 15 is 0 Å². The smallest absolute Gasteiger partial charge is 0.310 e. The van der Waals surface area contributed by atoms with E-state index in [0.29, 0.717) is 6.42 Å². The minimum Gasteiger partial charge on any atom is -0.466 e. The first-order chi connectivity index (χ1) is 14.8. The summed E-state index contributed by atoms with van der Waals surface area (Å²) >= 11 is 0. The molecule has 0 aromatic heterocycles. The molecule has 0 unspecified atom stereocenters. The predicted molar refractivity (Wildman–Crippen MR) is 123 cm³/mol. The molecule has 6 atom stereocenters. The summed E-state index contributed by atoms with van der Waals surface area (Å²) in [4.78, 5) is 41.6. The maximum atomic E-state index is 13.6. The van der Waals surface area contributed by atoms with Crippen molar-refractivity contribution >= 4 is 17.8 Å². The van der Waals surface area contributed by atoms with Crippen molar-refractivity contribution in [1.82, 2.24) is 10.2 Å². The summed E-state index contributed by atoms with van der Waals surface area (Å²) in [5.41, 5.74) is -0.466. The van der Waals surface area contributed by atoms with Gasteiger partial charge in [0, 0.05) is 11.5 Å². The van der Waals surface area contributed by atoms with Crippen molar-refractivity contribution in [3.8, 4) is 0 Å². The third-order valence-electron chi connectivity index (χ3n) is 6.52. The zero-order chi connectivity index (χ0) is 24.4. The SMILES string of the molecule is CCOC(=O)[C@H]1[C@@H]2C(=O)N([C@H](C)CO)[C@H](C(=O)NC(C)(C)CC(C)(C)C)[C@H]2C=C[C@H]1CC. The first-order valence-corrected chi connectivity index (χ1v) is 11.9. The maximum Gasteiger partial charge on any atom is 0.310 e. The minimum atomic E-state index is -0.778. The number of likely N-dealkylation sites (tertiary alicyclic amines) is 1. The molecule has 0 aromatic carbocycles. The second-order valence-corrected chi connectivity index (χ2v) is 11.2. The molecule has 1 heterocycles. The van der Waals surface area contributed by atoms with Gasteiger partial charge >= 0.3 is 5.97 Å². The van der Waals surface area contributed by atoms with Gasteiger partial charge in [-0.15, -0.1) is 0 Å². The second-order valence-electron chi connectivity index (χ2n) is 11.2. The van der Waals surface area contributed by atoms with Gasteiger partial charge in [-0.1, -0.05) is 39.8 Å². The molecule has 2 rings (SSSR count). The number of allylic oxidation sites excluding steroid dienone is 1. The van der Waals surface area contributed by atoms with E-state index in [2.05, 4.69) is 26.1 Å². The molecular weight excluding hydrogens is 408 g/mol. The van der Waals surface area contributed by atoms with Crippen LogP contribution in [-0.2, 0) is 19.1 Å². The number of esters is 1. The van der Waals surface area contributed by atoms with Crippen molar-refractivity contribution in [2.75, 3.05) is 13.2 Å². The summed E-state index contributed by atoms with van der Waals surface area (Å²) in [7, 11) is 0. The van der Waals surface area contributed by atoms with Gasteiger partial charge in [0.2, 0.25) is 11.8 Å². The van der Waals surface area contributed by atoms with Crippen LogP contribution >= 0.6 is 0 Å². The molecule has 32 heavy (non-hydrogen) atoms. The van der Waals surface area contributed by atoms with Crippen LogP contribution in [0.4, 0.5) is 0 Å². The normalized spacial score (nSPS) is 29.0. The van der Waals surface area contributed by atoms with Crippen LogP contribution in [0.25, 0.3) is 0 Å². The Hall–Kier alpha value is -1.89. The van der Waals surface area contributed by atoms with E-state index < -0.39 is 41.3 Å². The van der Waals surface area contributed by atoms with E-state index in [9.17, 15) is 19.5 Å². The minimum absolute atomic E-state index is 0.0109. The monoisotopic (exact) mass is 450 g/mol. The third-order valence-corrected chi connectivity index (χ3v) is 6.52. The van der Waals surface area contributed by atoms with Gasteiger partial charge in [0.05, 0.1) is 31.1 Å². The van der Waals surface area contributed by atoms with Crippen molar-refractivity contribution in [2.24, 2.45) is 29.1 Å². The molecule has 1 aliphatic heterocycles. The molecule has 7 nitrogen and oxygen atoms in total. The highest BCUT2D eigenvalue weighted by Crippen LogP contribution is 2.46. The Kier molecular flexibility index (Phi) is 8.19. The number of hydrogen-bond donors (Lipinski definition) is 2. The van der Waals surface area contributed by atoms with Crippen LogP contribution in [0.3, 0.4) is 0 Å². The highest BCUT2D eigenvalue weighted by Gasteiger charge is 2.58. The average Bonchev–Trinajstić information content (AvgIpc) is 2.97. The fourth-order valence-corrected chi connectivity index (χ4v) is 5.74. The van der Waals surface area contributed by atoms with Crippen LogP contribution in [0.1, 0.15) is 68.2 Å². The number of ether oxygens (including phenoxy) is 1. The lowest BCUT2D eigenvalue weighted by atomic mass is 9.69. The first-order valence-electron chi connectivity index (χ1n) is 11.9. The van der Waals surface area contributed by atoms with Gasteiger partial charge in [-0.2, -0.15) is 0 Å². The highest BCUT2D eigenvalue weighted by atomic mass is 16.5. The van der Waals surface area contributed by atoms with E-state index in [1.165, 1.54) is 4.90 Å². The molecule has 0 spiro atoms. The standard InChI is InChI=1S/C25H42N2O5/c1-9-16-11-12-17-19(18(16)23(31)32-10-2)22(30)27(15(3)13-28)20(17)21(29)26-25(7,8)14-24(4,5)6/h11-12,15-20,28H,9-10,13-14H2,1-8H3,(H,26,29)/t15-,16-,17+,18-,19-,20+/m1/s1.